The summed E-state index contributed by atoms with van der Waals surface area (Å²) in [5, 5.41) is 31.5. The van der Waals surface area contributed by atoms with Crippen molar-refractivity contribution >= 4 is 99.3 Å². The molecule has 70 heavy (non-hydrogen) atoms. The average Bonchev–Trinajstić information content (AvgIpc) is 3.94. The summed E-state index contributed by atoms with van der Waals surface area (Å²) in [5.74, 6) is 0. The van der Waals surface area contributed by atoms with Crippen LogP contribution in [-0.2, 0) is 0 Å². The third-order valence-corrected chi connectivity index (χ3v) is 13.7. The first-order valence-corrected chi connectivity index (χ1v) is 23.4. The Morgan fingerprint density at radius 1 is 0.286 bits per heavy atom. The van der Waals surface area contributed by atoms with Gasteiger partial charge in [0.05, 0.1) is 44.6 Å². The van der Waals surface area contributed by atoms with Crippen LogP contribution in [0.2, 0.25) is 0 Å². The van der Waals surface area contributed by atoms with Crippen LogP contribution in [0.25, 0.3) is 76.5 Å². The zero-order valence-corrected chi connectivity index (χ0v) is 37.8. The largest absolute Gasteiger partial charge is 0.310 e. The number of nitriles is 2. The topological polar surface area (TPSA) is 63.9 Å². The van der Waals surface area contributed by atoms with Crippen LogP contribution in [-0.4, -0.2) is 9.13 Å². The molecule has 0 unspecified atom stereocenters. The number of benzene rings is 11. The van der Waals surface area contributed by atoms with Crippen LogP contribution < -0.4 is 9.80 Å². The Morgan fingerprint density at radius 2 is 0.614 bits per heavy atom. The Balaban J connectivity index is 1.05. The Hall–Kier alpha value is -9.88. The fourth-order valence-corrected chi connectivity index (χ4v) is 10.7. The summed E-state index contributed by atoms with van der Waals surface area (Å²) < 4.78 is 4.35. The van der Waals surface area contributed by atoms with E-state index in [1.807, 2.05) is 36.4 Å². The van der Waals surface area contributed by atoms with E-state index in [4.69, 9.17) is 0 Å². The minimum Gasteiger partial charge on any atom is -0.310 e. The predicted molar refractivity (Wildman–Crippen MR) is 289 cm³/mol. The summed E-state index contributed by atoms with van der Waals surface area (Å²) in [4.78, 5) is 4.55. The van der Waals surface area contributed by atoms with E-state index in [1.54, 1.807) is 0 Å². The van der Waals surface area contributed by atoms with Crippen molar-refractivity contribution in [2.75, 3.05) is 9.80 Å². The summed E-state index contributed by atoms with van der Waals surface area (Å²) in [5.41, 5.74) is 11.8. The van der Waals surface area contributed by atoms with Gasteiger partial charge < -0.3 is 18.9 Å². The molecule has 0 saturated carbocycles. The first-order chi connectivity index (χ1) is 34.7. The Kier molecular flexibility index (Phi) is 9.50. The maximum absolute atomic E-state index is 11.4. The van der Waals surface area contributed by atoms with E-state index in [1.165, 1.54) is 0 Å². The number of fused-ring (bicyclic) bond motifs is 10. The lowest BCUT2D eigenvalue weighted by Gasteiger charge is -2.25. The number of hydrogen-bond donors (Lipinski definition) is 0. The van der Waals surface area contributed by atoms with Crippen LogP contribution in [0.5, 0.6) is 0 Å². The molecule has 2 aromatic heterocycles. The van der Waals surface area contributed by atoms with Crippen LogP contribution in [0.1, 0.15) is 11.1 Å². The van der Waals surface area contributed by atoms with Gasteiger partial charge in [0, 0.05) is 55.7 Å². The van der Waals surface area contributed by atoms with E-state index < -0.39 is 0 Å². The quantitative estimate of drug-likeness (QED) is 0.152. The fraction of sp³-hybridized carbons (Fsp3) is 0. The number of nitrogens with zero attached hydrogens (tertiary/aromatic N) is 6. The summed E-state index contributed by atoms with van der Waals surface area (Å²) >= 11 is 0. The molecule has 0 radical (unpaired) electrons. The number of rotatable bonds is 8. The SMILES string of the molecule is N#Cc1c(-n2c3ccc(N(c4ccccc4)c4ccccc4)cc3c3c4ccccc4ccc32)ccc(-n2c3ccc(N(c4ccccc4)c4ccccc4)cc3c3c4ccccc4ccc32)c1C#N. The maximum Gasteiger partial charge on any atom is 0.103 e. The number of aromatic nitrogens is 2. The van der Waals surface area contributed by atoms with E-state index in [9.17, 15) is 10.5 Å². The second-order valence-electron chi connectivity index (χ2n) is 17.5. The highest BCUT2D eigenvalue weighted by molar-refractivity contribution is 6.23. The molecule has 11 aromatic carbocycles. The molecule has 13 rings (SSSR count). The van der Waals surface area contributed by atoms with Crippen molar-refractivity contribution in [3.63, 3.8) is 0 Å². The predicted octanol–water partition coefficient (Wildman–Crippen LogP) is 16.9. The van der Waals surface area contributed by atoms with E-state index in [2.05, 4.69) is 237 Å². The third kappa shape index (κ3) is 6.33. The van der Waals surface area contributed by atoms with Crippen molar-refractivity contribution in [2.45, 2.75) is 0 Å². The molecule has 6 heteroatoms. The average molecular weight is 893 g/mol. The zero-order chi connectivity index (χ0) is 46.7. The Bertz CT molecular complexity index is 3900. The lowest BCUT2D eigenvalue weighted by Crippen LogP contribution is -2.09. The van der Waals surface area contributed by atoms with E-state index in [-0.39, 0.29) is 0 Å². The molecule has 0 bridgehead atoms. The molecule has 13 aromatic rings. The van der Waals surface area contributed by atoms with Crippen molar-refractivity contribution in [3.8, 4) is 23.5 Å². The molecule has 0 amide bonds. The Labute approximate surface area is 404 Å². The van der Waals surface area contributed by atoms with Crippen molar-refractivity contribution in [1.29, 1.82) is 10.5 Å². The van der Waals surface area contributed by atoms with Crippen molar-refractivity contribution in [1.82, 2.24) is 9.13 Å². The first-order valence-electron chi connectivity index (χ1n) is 23.4. The van der Waals surface area contributed by atoms with Crippen LogP contribution in [0, 0.1) is 22.7 Å². The van der Waals surface area contributed by atoms with E-state index >= 15 is 0 Å². The lowest BCUT2D eigenvalue weighted by atomic mass is 10.0. The molecule has 0 fully saturated rings. The van der Waals surface area contributed by atoms with Gasteiger partial charge >= 0.3 is 0 Å². The molecule has 0 N–H and O–H groups in total. The highest BCUT2D eigenvalue weighted by Crippen LogP contribution is 2.45. The van der Waals surface area contributed by atoms with Gasteiger partial charge in [0.2, 0.25) is 0 Å². The molecule has 0 aliphatic rings. The second-order valence-corrected chi connectivity index (χ2v) is 17.5. The summed E-state index contributed by atoms with van der Waals surface area (Å²) in [6.45, 7) is 0. The normalized spacial score (nSPS) is 11.4. The molecular weight excluding hydrogens is 853 g/mol. The maximum atomic E-state index is 11.4. The van der Waals surface area contributed by atoms with Gasteiger partial charge in [-0.2, -0.15) is 10.5 Å². The van der Waals surface area contributed by atoms with Crippen molar-refractivity contribution < 1.29 is 0 Å². The number of anilines is 6. The van der Waals surface area contributed by atoms with Gasteiger partial charge in [0.15, 0.2) is 0 Å². The van der Waals surface area contributed by atoms with Gasteiger partial charge in [0.25, 0.3) is 0 Å². The van der Waals surface area contributed by atoms with Gasteiger partial charge in [-0.1, -0.05) is 133 Å². The molecule has 0 aliphatic carbocycles. The molecule has 326 valence electrons. The minimum absolute atomic E-state index is 0.304. The van der Waals surface area contributed by atoms with Gasteiger partial charge in [0.1, 0.15) is 12.1 Å². The molecule has 0 spiro atoms. The van der Waals surface area contributed by atoms with E-state index in [0.29, 0.717) is 22.5 Å². The smallest absolute Gasteiger partial charge is 0.103 e. The molecule has 6 nitrogen and oxygen atoms in total. The highest BCUT2D eigenvalue weighted by Gasteiger charge is 2.25. The third-order valence-electron chi connectivity index (χ3n) is 13.7. The second kappa shape index (κ2) is 16.5. The fourth-order valence-electron chi connectivity index (χ4n) is 10.7. The first kappa shape index (κ1) is 40.4. The van der Waals surface area contributed by atoms with Gasteiger partial charge in [-0.25, -0.2) is 0 Å². The van der Waals surface area contributed by atoms with E-state index in [0.717, 1.165) is 99.3 Å². The van der Waals surface area contributed by atoms with Gasteiger partial charge in [-0.3, -0.25) is 0 Å². The van der Waals surface area contributed by atoms with Crippen molar-refractivity contribution in [2.24, 2.45) is 0 Å². The molecule has 2 heterocycles. The summed E-state index contributed by atoms with van der Waals surface area (Å²) in [7, 11) is 0. The number of para-hydroxylation sites is 4. The molecule has 0 atom stereocenters. The van der Waals surface area contributed by atoms with Crippen LogP contribution >= 0.6 is 0 Å². The number of hydrogen-bond acceptors (Lipinski definition) is 4. The van der Waals surface area contributed by atoms with Crippen LogP contribution in [0.4, 0.5) is 34.1 Å². The highest BCUT2D eigenvalue weighted by atomic mass is 15.1. The molecule has 0 saturated heterocycles. The summed E-state index contributed by atoms with van der Waals surface area (Å²) in [6, 6.07) is 89.5. The van der Waals surface area contributed by atoms with Gasteiger partial charge in [-0.15, -0.1) is 0 Å². The minimum atomic E-state index is 0.304. The zero-order valence-electron chi connectivity index (χ0n) is 37.8. The van der Waals surface area contributed by atoms with Crippen molar-refractivity contribution in [3.05, 3.63) is 254 Å². The standard InChI is InChI=1S/C64H40N6/c65-41-55-56(42-66)60(70-58-36-32-50(68(47-23-9-3-10-24-47)48-25-11-4-12-26-48)40-54(58)64-52-28-16-14-18-44(52)30-34-62(64)70)38-37-59(55)69-57-35-31-49(67(45-19-5-1-6-20-45)46-21-7-2-8-22-46)39-53(57)63-51-27-15-13-17-43(51)29-33-61(63)69/h1-40H. The molecular formula is C64H40N6. The van der Waals surface area contributed by atoms with Gasteiger partial charge in [-0.05, 0) is 131 Å². The lowest BCUT2D eigenvalue weighted by molar-refractivity contribution is 1.12. The summed E-state index contributed by atoms with van der Waals surface area (Å²) in [6.07, 6.45) is 0. The molecule has 0 aliphatic heterocycles. The van der Waals surface area contributed by atoms with Crippen LogP contribution in [0.15, 0.2) is 243 Å². The Morgan fingerprint density at radius 3 is 0.971 bits per heavy atom. The van der Waals surface area contributed by atoms with Crippen LogP contribution in [0.3, 0.4) is 0 Å². The monoisotopic (exact) mass is 892 g/mol.